The van der Waals surface area contributed by atoms with Gasteiger partial charge < -0.3 is 4.98 Å². The Kier molecular flexibility index (Phi) is 4.10. The van der Waals surface area contributed by atoms with Crippen molar-refractivity contribution in [1.29, 1.82) is 0 Å². The molecule has 2 nitrogen and oxygen atoms in total. The SMILES string of the molecule is Brc1ccc2[nH]c3c(-c4cccc(-c5ccccn5)c4)cc(Br)cc3c2c1. The Morgan fingerprint density at radius 1 is 0.704 bits per heavy atom. The molecular weight excluding hydrogens is 464 g/mol. The number of aromatic nitrogens is 2. The number of nitrogens with zero attached hydrogens (tertiary/aromatic N) is 1. The number of aromatic amines is 1. The van der Waals surface area contributed by atoms with Crippen molar-refractivity contribution in [3.63, 3.8) is 0 Å². The van der Waals surface area contributed by atoms with Gasteiger partial charge in [0.1, 0.15) is 0 Å². The van der Waals surface area contributed by atoms with E-state index in [2.05, 4.69) is 96.4 Å². The van der Waals surface area contributed by atoms with Crippen LogP contribution in [0.5, 0.6) is 0 Å². The van der Waals surface area contributed by atoms with Gasteiger partial charge in [0.2, 0.25) is 0 Å². The summed E-state index contributed by atoms with van der Waals surface area (Å²) < 4.78 is 2.14. The molecule has 0 bridgehead atoms. The van der Waals surface area contributed by atoms with Crippen molar-refractivity contribution in [3.8, 4) is 22.4 Å². The maximum Gasteiger partial charge on any atom is 0.0702 e. The van der Waals surface area contributed by atoms with Crippen molar-refractivity contribution in [3.05, 3.63) is 87.9 Å². The van der Waals surface area contributed by atoms with Crippen molar-refractivity contribution in [2.45, 2.75) is 0 Å². The molecule has 0 amide bonds. The highest BCUT2D eigenvalue weighted by atomic mass is 79.9. The van der Waals surface area contributed by atoms with Crippen molar-refractivity contribution in [1.82, 2.24) is 9.97 Å². The third-order valence-electron chi connectivity index (χ3n) is 4.77. The number of H-pyrrole nitrogens is 1. The molecular formula is C23H14Br2N2. The summed E-state index contributed by atoms with van der Waals surface area (Å²) in [5, 5.41) is 2.42. The third kappa shape index (κ3) is 2.99. The van der Waals surface area contributed by atoms with Crippen LogP contribution >= 0.6 is 31.9 Å². The molecule has 0 saturated carbocycles. The van der Waals surface area contributed by atoms with Crippen LogP contribution in [0.25, 0.3) is 44.2 Å². The predicted octanol–water partition coefficient (Wildman–Crippen LogP) is 7.58. The first-order valence-electron chi connectivity index (χ1n) is 8.61. The van der Waals surface area contributed by atoms with Crippen molar-refractivity contribution < 1.29 is 0 Å². The predicted molar refractivity (Wildman–Crippen MR) is 120 cm³/mol. The number of hydrogen-bond acceptors (Lipinski definition) is 1. The summed E-state index contributed by atoms with van der Waals surface area (Å²) in [6, 6.07) is 25.2. The molecule has 5 aromatic rings. The van der Waals surface area contributed by atoms with Crippen LogP contribution in [-0.4, -0.2) is 9.97 Å². The Bertz CT molecular complexity index is 1290. The van der Waals surface area contributed by atoms with Crippen molar-refractivity contribution in [2.75, 3.05) is 0 Å². The highest BCUT2D eigenvalue weighted by Gasteiger charge is 2.12. The summed E-state index contributed by atoms with van der Waals surface area (Å²) in [6.45, 7) is 0. The topological polar surface area (TPSA) is 28.7 Å². The van der Waals surface area contributed by atoms with E-state index >= 15 is 0 Å². The average Bonchev–Trinajstić information content (AvgIpc) is 3.06. The number of nitrogens with one attached hydrogen (secondary N) is 1. The van der Waals surface area contributed by atoms with E-state index in [1.807, 2.05) is 24.4 Å². The number of halogens is 2. The Balaban J connectivity index is 1.77. The Morgan fingerprint density at radius 3 is 2.41 bits per heavy atom. The van der Waals surface area contributed by atoms with Gasteiger partial charge in [-0.15, -0.1) is 0 Å². The van der Waals surface area contributed by atoms with Crippen molar-refractivity contribution >= 4 is 53.7 Å². The van der Waals surface area contributed by atoms with E-state index in [0.29, 0.717) is 0 Å². The lowest BCUT2D eigenvalue weighted by molar-refractivity contribution is 1.33. The van der Waals surface area contributed by atoms with Gasteiger partial charge in [-0.1, -0.05) is 56.1 Å². The van der Waals surface area contributed by atoms with Crippen LogP contribution in [0.3, 0.4) is 0 Å². The molecule has 0 aliphatic carbocycles. The van der Waals surface area contributed by atoms with Gasteiger partial charge in [0.15, 0.2) is 0 Å². The first-order valence-corrected chi connectivity index (χ1v) is 10.2. The lowest BCUT2D eigenvalue weighted by Crippen LogP contribution is -1.85. The molecule has 2 aromatic heterocycles. The van der Waals surface area contributed by atoms with Gasteiger partial charge in [0.05, 0.1) is 11.2 Å². The Hall–Kier alpha value is -2.43. The zero-order chi connectivity index (χ0) is 18.4. The molecule has 130 valence electrons. The number of pyridine rings is 1. The van der Waals surface area contributed by atoms with Crippen LogP contribution in [-0.2, 0) is 0 Å². The molecule has 27 heavy (non-hydrogen) atoms. The number of fused-ring (bicyclic) bond motifs is 3. The number of rotatable bonds is 2. The van der Waals surface area contributed by atoms with E-state index in [-0.39, 0.29) is 0 Å². The molecule has 0 unspecified atom stereocenters. The number of hydrogen-bond donors (Lipinski definition) is 1. The summed E-state index contributed by atoms with van der Waals surface area (Å²) in [7, 11) is 0. The maximum absolute atomic E-state index is 4.49. The summed E-state index contributed by atoms with van der Waals surface area (Å²) in [6.07, 6.45) is 1.83. The summed E-state index contributed by atoms with van der Waals surface area (Å²) in [5.41, 5.74) is 6.70. The second-order valence-corrected chi connectivity index (χ2v) is 8.32. The van der Waals surface area contributed by atoms with E-state index in [0.717, 1.165) is 36.8 Å². The minimum absolute atomic E-state index is 0.978. The zero-order valence-corrected chi connectivity index (χ0v) is 17.4. The van der Waals surface area contributed by atoms with E-state index < -0.39 is 0 Å². The quantitative estimate of drug-likeness (QED) is 0.279. The van der Waals surface area contributed by atoms with Gasteiger partial charge in [-0.2, -0.15) is 0 Å². The van der Waals surface area contributed by atoms with E-state index in [9.17, 15) is 0 Å². The molecule has 4 heteroatoms. The summed E-state index contributed by atoms with van der Waals surface area (Å²) in [5.74, 6) is 0. The van der Waals surface area contributed by atoms with Gasteiger partial charge in [-0.25, -0.2) is 0 Å². The van der Waals surface area contributed by atoms with Gasteiger partial charge in [-0.05, 0) is 54.1 Å². The molecule has 5 rings (SSSR count). The Labute approximate surface area is 173 Å². The highest BCUT2D eigenvalue weighted by Crippen LogP contribution is 2.37. The fraction of sp³-hybridized carbons (Fsp3) is 0. The smallest absolute Gasteiger partial charge is 0.0702 e. The van der Waals surface area contributed by atoms with E-state index in [1.165, 1.54) is 16.3 Å². The molecule has 0 saturated heterocycles. The summed E-state index contributed by atoms with van der Waals surface area (Å²) >= 11 is 7.28. The normalized spacial score (nSPS) is 11.3. The molecule has 0 spiro atoms. The Morgan fingerprint density at radius 2 is 1.56 bits per heavy atom. The summed E-state index contributed by atoms with van der Waals surface area (Å²) in [4.78, 5) is 8.09. The monoisotopic (exact) mass is 476 g/mol. The van der Waals surface area contributed by atoms with Crippen LogP contribution in [0, 0.1) is 0 Å². The number of benzene rings is 3. The van der Waals surface area contributed by atoms with Crippen LogP contribution in [0.15, 0.2) is 87.9 Å². The molecule has 1 N–H and O–H groups in total. The second-order valence-electron chi connectivity index (χ2n) is 6.49. The third-order valence-corrected chi connectivity index (χ3v) is 5.72. The van der Waals surface area contributed by atoms with E-state index in [4.69, 9.17) is 0 Å². The minimum atomic E-state index is 0.978. The fourth-order valence-electron chi connectivity index (χ4n) is 3.54. The second kappa shape index (κ2) is 6.63. The minimum Gasteiger partial charge on any atom is -0.354 e. The lowest BCUT2D eigenvalue weighted by Gasteiger charge is -2.08. The van der Waals surface area contributed by atoms with E-state index in [1.54, 1.807) is 0 Å². The molecule has 0 fully saturated rings. The van der Waals surface area contributed by atoms with Gasteiger partial charge in [-0.3, -0.25) is 4.98 Å². The average molecular weight is 478 g/mol. The fourth-order valence-corrected chi connectivity index (χ4v) is 4.36. The standard InChI is InChI=1S/C23H14Br2N2/c24-16-7-8-22-19(11-16)20-13-17(25)12-18(23(20)27-22)14-4-3-5-15(10-14)21-6-1-2-9-26-21/h1-13,27H. The van der Waals surface area contributed by atoms with Crippen LogP contribution < -0.4 is 0 Å². The molecule has 0 radical (unpaired) electrons. The largest absolute Gasteiger partial charge is 0.354 e. The van der Waals surface area contributed by atoms with Crippen molar-refractivity contribution in [2.24, 2.45) is 0 Å². The first kappa shape index (κ1) is 16.7. The molecule has 0 atom stereocenters. The van der Waals surface area contributed by atoms with Crippen LogP contribution in [0.2, 0.25) is 0 Å². The zero-order valence-electron chi connectivity index (χ0n) is 14.2. The lowest BCUT2D eigenvalue weighted by atomic mass is 9.99. The molecule has 0 aliphatic rings. The molecule has 3 aromatic carbocycles. The maximum atomic E-state index is 4.49. The molecule has 2 heterocycles. The van der Waals surface area contributed by atoms with Gasteiger partial charge >= 0.3 is 0 Å². The highest BCUT2D eigenvalue weighted by molar-refractivity contribution is 9.10. The van der Waals surface area contributed by atoms with Gasteiger partial charge in [0.25, 0.3) is 0 Å². The first-order chi connectivity index (χ1) is 13.2. The van der Waals surface area contributed by atoms with Gasteiger partial charge in [0, 0.05) is 42.6 Å². The van der Waals surface area contributed by atoms with Crippen LogP contribution in [0.1, 0.15) is 0 Å². The molecule has 0 aliphatic heterocycles. The van der Waals surface area contributed by atoms with Crippen LogP contribution in [0.4, 0.5) is 0 Å².